The highest BCUT2D eigenvalue weighted by Crippen LogP contribution is 2.41. The minimum atomic E-state index is -1.24. The Morgan fingerprint density at radius 2 is 2.06 bits per heavy atom. The maximum Gasteiger partial charge on any atom is 0.352 e. The second kappa shape index (κ2) is 9.45. The van der Waals surface area contributed by atoms with E-state index in [9.17, 15) is 24.3 Å². The molecule has 1 aromatic carbocycles. The third-order valence-electron chi connectivity index (χ3n) is 4.97. The van der Waals surface area contributed by atoms with Gasteiger partial charge in [0.15, 0.2) is 5.01 Å². The summed E-state index contributed by atoms with van der Waals surface area (Å²) in [6, 6.07) is 6.97. The third kappa shape index (κ3) is 4.31. The number of benzene rings is 1. The number of nitrogens with one attached hydrogen (secondary N) is 1. The molecule has 32 heavy (non-hydrogen) atoms. The van der Waals surface area contributed by atoms with Gasteiger partial charge in [0.05, 0.1) is 0 Å². The summed E-state index contributed by atoms with van der Waals surface area (Å²) < 4.78 is 0. The number of hydrogen-bond acceptors (Lipinski definition) is 9. The maximum atomic E-state index is 12.8. The zero-order chi connectivity index (χ0) is 22.8. The highest BCUT2D eigenvalue weighted by atomic mass is 32.2. The van der Waals surface area contributed by atoms with Crippen LogP contribution >= 0.6 is 34.9 Å². The summed E-state index contributed by atoms with van der Waals surface area (Å²) in [5, 5.41) is 13.6. The Labute approximate surface area is 195 Å². The van der Waals surface area contributed by atoms with Crippen LogP contribution in [0.1, 0.15) is 21.4 Å². The second-order valence-electron chi connectivity index (χ2n) is 6.96. The first-order chi connectivity index (χ1) is 15.4. The number of hydrogen-bond donors (Lipinski definition) is 3. The smallest absolute Gasteiger partial charge is 0.352 e. The van der Waals surface area contributed by atoms with Gasteiger partial charge in [0.2, 0.25) is 11.0 Å². The van der Waals surface area contributed by atoms with Crippen LogP contribution in [0.4, 0.5) is 0 Å². The van der Waals surface area contributed by atoms with Crippen LogP contribution in [0, 0.1) is 0 Å². The Bertz CT molecular complexity index is 1090. The molecule has 2 aliphatic heterocycles. The number of fused-ring (bicyclic) bond motifs is 1. The zero-order valence-corrected chi connectivity index (χ0v) is 18.9. The minimum Gasteiger partial charge on any atom is -0.477 e. The lowest BCUT2D eigenvalue weighted by atomic mass is 10.0. The molecule has 0 saturated carbocycles. The summed E-state index contributed by atoms with van der Waals surface area (Å²) in [6.07, 6.45) is 1.53. The van der Waals surface area contributed by atoms with Crippen LogP contribution in [0.3, 0.4) is 0 Å². The molecule has 0 radical (unpaired) electrons. The number of carboxylic acid groups (broad SMARTS) is 1. The van der Waals surface area contributed by atoms with Gasteiger partial charge in [-0.15, -0.1) is 23.1 Å². The van der Waals surface area contributed by atoms with E-state index in [1.807, 2.05) is 0 Å². The number of thioether (sulfide) groups is 2. The molecule has 12 heteroatoms. The number of rotatable bonds is 7. The van der Waals surface area contributed by atoms with Gasteiger partial charge in [-0.1, -0.05) is 42.1 Å². The molecule has 3 heterocycles. The van der Waals surface area contributed by atoms with Crippen LogP contribution in [0.5, 0.6) is 0 Å². The molecule has 0 bridgehead atoms. The predicted octanol–water partition coefficient (Wildman–Crippen LogP) is 1.46. The lowest BCUT2D eigenvalue weighted by Crippen LogP contribution is -2.71. The number of aromatic nitrogens is 1. The normalized spacial score (nSPS) is 20.9. The molecule has 166 valence electrons. The van der Waals surface area contributed by atoms with Gasteiger partial charge in [0, 0.05) is 23.1 Å². The van der Waals surface area contributed by atoms with Gasteiger partial charge >= 0.3 is 5.97 Å². The topological polar surface area (TPSA) is 143 Å². The quantitative estimate of drug-likeness (QED) is 0.492. The van der Waals surface area contributed by atoms with E-state index in [-0.39, 0.29) is 16.6 Å². The summed E-state index contributed by atoms with van der Waals surface area (Å²) >= 11 is 3.51. The van der Waals surface area contributed by atoms with Crippen molar-refractivity contribution in [3.63, 3.8) is 0 Å². The number of nitrogens with two attached hydrogens (primary N) is 1. The average Bonchev–Trinajstić information content (AvgIpc) is 3.35. The maximum absolute atomic E-state index is 12.8. The van der Waals surface area contributed by atoms with Crippen LogP contribution in [-0.4, -0.2) is 60.8 Å². The van der Waals surface area contributed by atoms with Crippen LogP contribution in [0.25, 0.3) is 0 Å². The van der Waals surface area contributed by atoms with E-state index in [0.29, 0.717) is 21.9 Å². The predicted molar refractivity (Wildman–Crippen MR) is 122 cm³/mol. The molecule has 9 nitrogen and oxygen atoms in total. The van der Waals surface area contributed by atoms with E-state index in [1.165, 1.54) is 34.2 Å². The number of carbonyl (C=O) groups excluding carboxylic acids is 3. The highest BCUT2D eigenvalue weighted by Gasteiger charge is 2.54. The molecular weight excluding hydrogens is 472 g/mol. The molecule has 2 amide bonds. The first-order valence-corrected chi connectivity index (χ1v) is 12.4. The van der Waals surface area contributed by atoms with Crippen molar-refractivity contribution in [3.8, 4) is 0 Å². The van der Waals surface area contributed by atoms with Crippen LogP contribution in [0.2, 0.25) is 0 Å². The fraction of sp³-hybridized carbons (Fsp3) is 0.250. The molecule has 2 unspecified atom stereocenters. The molecule has 1 saturated heterocycles. The van der Waals surface area contributed by atoms with Crippen molar-refractivity contribution in [2.45, 2.75) is 17.5 Å². The third-order valence-corrected chi connectivity index (χ3v) is 8.16. The summed E-state index contributed by atoms with van der Waals surface area (Å²) in [4.78, 5) is 54.6. The number of carboxylic acids is 1. The Balaban J connectivity index is 1.44. The van der Waals surface area contributed by atoms with Crippen molar-refractivity contribution in [3.05, 3.63) is 63.7 Å². The van der Waals surface area contributed by atoms with Crippen molar-refractivity contribution in [1.82, 2.24) is 15.2 Å². The van der Waals surface area contributed by atoms with Gasteiger partial charge in [-0.2, -0.15) is 0 Å². The van der Waals surface area contributed by atoms with E-state index >= 15 is 0 Å². The standard InChI is InChI=1S/C20H18N4O5S3/c21-12(10-4-2-1-3-5-10)15(25)23-13-17(26)24-14(19(27)28)11(8-31-18(13)24)9-32-20(29)16-22-6-7-30-16/h1-7,12-13,18H,8-9,21H2,(H,23,25)(H,27,28)/t12?,13?,18-/m0/s1. The van der Waals surface area contributed by atoms with Crippen molar-refractivity contribution < 1.29 is 24.3 Å². The molecule has 2 aromatic rings. The Kier molecular flexibility index (Phi) is 6.65. The van der Waals surface area contributed by atoms with Crippen molar-refractivity contribution >= 4 is 57.8 Å². The van der Waals surface area contributed by atoms with Gasteiger partial charge in [0.1, 0.15) is 23.2 Å². The number of nitrogens with zero attached hydrogens (tertiary/aromatic N) is 2. The first kappa shape index (κ1) is 22.5. The molecule has 3 atom stereocenters. The number of amides is 2. The Morgan fingerprint density at radius 3 is 2.72 bits per heavy atom. The van der Waals surface area contributed by atoms with Crippen molar-refractivity contribution in [1.29, 1.82) is 0 Å². The monoisotopic (exact) mass is 490 g/mol. The number of aliphatic carboxylic acids is 1. The summed E-state index contributed by atoms with van der Waals surface area (Å²) in [7, 11) is 0. The fourth-order valence-electron chi connectivity index (χ4n) is 3.39. The average molecular weight is 491 g/mol. The van der Waals surface area contributed by atoms with E-state index in [4.69, 9.17) is 5.73 Å². The zero-order valence-electron chi connectivity index (χ0n) is 16.5. The second-order valence-corrected chi connectivity index (χ2v) is 9.90. The van der Waals surface area contributed by atoms with E-state index in [0.717, 1.165) is 11.8 Å². The van der Waals surface area contributed by atoms with Crippen LogP contribution in [0.15, 0.2) is 53.2 Å². The van der Waals surface area contributed by atoms with E-state index in [1.54, 1.807) is 35.7 Å². The molecule has 0 spiro atoms. The fourth-order valence-corrected chi connectivity index (χ4v) is 6.37. The van der Waals surface area contributed by atoms with Crippen molar-refractivity contribution in [2.24, 2.45) is 5.73 Å². The summed E-state index contributed by atoms with van der Waals surface area (Å²) in [6.45, 7) is 0. The molecule has 1 aromatic heterocycles. The van der Waals surface area contributed by atoms with E-state index < -0.39 is 35.2 Å². The van der Waals surface area contributed by atoms with Gasteiger partial charge in [-0.3, -0.25) is 19.3 Å². The minimum absolute atomic E-state index is 0.129. The van der Waals surface area contributed by atoms with Crippen molar-refractivity contribution in [2.75, 3.05) is 11.5 Å². The molecule has 0 aliphatic carbocycles. The molecular formula is C20H18N4O5S3. The summed E-state index contributed by atoms with van der Waals surface area (Å²) in [5.41, 5.74) is 6.96. The lowest BCUT2D eigenvalue weighted by Gasteiger charge is -2.49. The number of β-lactam (4-membered cyclic amide) rings is 1. The Morgan fingerprint density at radius 1 is 1.31 bits per heavy atom. The van der Waals surface area contributed by atoms with Gasteiger partial charge in [-0.05, 0) is 11.1 Å². The Hall–Kier alpha value is -2.67. The number of thiazole rings is 1. The van der Waals surface area contributed by atoms with Crippen LogP contribution in [-0.2, 0) is 14.4 Å². The SMILES string of the molecule is NC(C(=O)NC1C(=O)N2C(C(=O)O)=C(CSC(=O)c3nccs3)CS[C@@H]12)c1ccccc1. The lowest BCUT2D eigenvalue weighted by molar-refractivity contribution is -0.150. The van der Waals surface area contributed by atoms with E-state index in [2.05, 4.69) is 10.3 Å². The summed E-state index contributed by atoms with van der Waals surface area (Å²) in [5.74, 6) is -1.80. The van der Waals surface area contributed by atoms with Gasteiger partial charge < -0.3 is 16.2 Å². The van der Waals surface area contributed by atoms with Gasteiger partial charge in [0.25, 0.3) is 5.91 Å². The first-order valence-electron chi connectivity index (χ1n) is 9.46. The molecule has 2 aliphatic rings. The molecule has 1 fully saturated rings. The highest BCUT2D eigenvalue weighted by molar-refractivity contribution is 8.14. The van der Waals surface area contributed by atoms with Gasteiger partial charge in [-0.25, -0.2) is 9.78 Å². The largest absolute Gasteiger partial charge is 0.477 e. The molecule has 4 rings (SSSR count). The van der Waals surface area contributed by atoms with Crippen LogP contribution < -0.4 is 11.1 Å². The molecule has 4 N–H and O–H groups in total. The number of carbonyl (C=O) groups is 4.